The van der Waals surface area contributed by atoms with Gasteiger partial charge in [-0.2, -0.15) is 0 Å². The van der Waals surface area contributed by atoms with Gasteiger partial charge in [-0.05, 0) is 58.6 Å². The Kier molecular flexibility index (Phi) is 6.74. The summed E-state index contributed by atoms with van der Waals surface area (Å²) in [6.07, 6.45) is 2.19. The number of aliphatic imine (C=N–C) groups is 1. The largest absolute Gasteiger partial charge is 0.496 e. The van der Waals surface area contributed by atoms with Crippen LogP contribution >= 0.6 is 0 Å². The molecule has 1 fully saturated rings. The molecule has 192 valence electrons. The van der Waals surface area contributed by atoms with E-state index in [0.717, 1.165) is 11.3 Å². The van der Waals surface area contributed by atoms with Gasteiger partial charge in [0.2, 0.25) is 11.8 Å². The molecular formula is C26H38N4O5. The molecule has 3 N–H and O–H groups in total. The van der Waals surface area contributed by atoms with Crippen molar-refractivity contribution >= 4 is 17.8 Å². The van der Waals surface area contributed by atoms with Gasteiger partial charge in [0.15, 0.2) is 5.96 Å². The van der Waals surface area contributed by atoms with E-state index in [4.69, 9.17) is 19.9 Å². The number of nitrogens with one attached hydrogen (secondary N) is 1. The van der Waals surface area contributed by atoms with E-state index in [-0.39, 0.29) is 48.1 Å². The van der Waals surface area contributed by atoms with E-state index in [1.54, 1.807) is 19.1 Å². The van der Waals surface area contributed by atoms with Crippen LogP contribution in [0.25, 0.3) is 0 Å². The van der Waals surface area contributed by atoms with Crippen LogP contribution in [0.5, 0.6) is 11.5 Å². The van der Waals surface area contributed by atoms with Crippen LogP contribution in [0.15, 0.2) is 23.2 Å². The van der Waals surface area contributed by atoms with E-state index < -0.39 is 11.1 Å². The zero-order chi connectivity index (χ0) is 25.5. The molecule has 4 rings (SSSR count). The summed E-state index contributed by atoms with van der Waals surface area (Å²) in [7, 11) is 3.25. The number of guanidine groups is 1. The van der Waals surface area contributed by atoms with Crippen LogP contribution in [0, 0.1) is 11.8 Å². The number of hydrogen-bond donors (Lipinski definition) is 2. The molecule has 0 bridgehead atoms. The zero-order valence-corrected chi connectivity index (χ0v) is 21.6. The lowest BCUT2D eigenvalue weighted by atomic mass is 9.89. The summed E-state index contributed by atoms with van der Waals surface area (Å²) >= 11 is 0. The van der Waals surface area contributed by atoms with Gasteiger partial charge in [0.25, 0.3) is 0 Å². The lowest BCUT2D eigenvalue weighted by Gasteiger charge is -2.39. The fraction of sp³-hybridized carbons (Fsp3) is 0.654. The molecule has 1 aromatic carbocycles. The predicted molar refractivity (Wildman–Crippen MR) is 132 cm³/mol. The average Bonchev–Trinajstić information content (AvgIpc) is 3.54. The summed E-state index contributed by atoms with van der Waals surface area (Å²) in [5.74, 6) is 1.34. The number of methoxy groups -OCH3 is 2. The van der Waals surface area contributed by atoms with Gasteiger partial charge >= 0.3 is 0 Å². The molecule has 1 aliphatic carbocycles. The summed E-state index contributed by atoms with van der Waals surface area (Å²) in [4.78, 5) is 32.6. The minimum Gasteiger partial charge on any atom is -0.496 e. The van der Waals surface area contributed by atoms with Crippen LogP contribution in [-0.4, -0.2) is 60.7 Å². The molecule has 2 amide bonds. The van der Waals surface area contributed by atoms with E-state index in [1.807, 2.05) is 45.9 Å². The molecule has 9 nitrogen and oxygen atoms in total. The average molecular weight is 487 g/mol. The highest BCUT2D eigenvalue weighted by Gasteiger charge is 2.52. The van der Waals surface area contributed by atoms with Crippen molar-refractivity contribution in [2.45, 2.75) is 76.6 Å². The number of hydrogen-bond acceptors (Lipinski definition) is 7. The van der Waals surface area contributed by atoms with E-state index in [1.165, 1.54) is 0 Å². The molecule has 4 atom stereocenters. The molecular weight excluding hydrogens is 448 g/mol. The second-order valence-electron chi connectivity index (χ2n) is 11.1. The Labute approximate surface area is 207 Å². The maximum atomic E-state index is 13.4. The van der Waals surface area contributed by atoms with Gasteiger partial charge in [0.05, 0.1) is 30.7 Å². The first-order valence-corrected chi connectivity index (χ1v) is 12.3. The number of rotatable bonds is 8. The number of fused-ring (bicyclic) bond motifs is 1. The predicted octanol–water partition coefficient (Wildman–Crippen LogP) is 2.78. The van der Waals surface area contributed by atoms with Crippen molar-refractivity contribution in [3.63, 3.8) is 0 Å². The normalized spacial score (nSPS) is 27.3. The van der Waals surface area contributed by atoms with Crippen molar-refractivity contribution in [2.75, 3.05) is 20.8 Å². The van der Waals surface area contributed by atoms with Crippen LogP contribution in [0.1, 0.15) is 65.0 Å². The molecule has 35 heavy (non-hydrogen) atoms. The summed E-state index contributed by atoms with van der Waals surface area (Å²) in [6, 6.07) is 5.21. The number of benzene rings is 1. The van der Waals surface area contributed by atoms with Gasteiger partial charge in [-0.3, -0.25) is 14.5 Å². The SMILES string of the molecule is COCC[C@H]([C@@H]1C[C@H]1C(=O)N[C@H]1CC(C)(C)Oc2cccc(OC)c21)N1C(=O)CC(C)(C)N=C1N. The summed E-state index contributed by atoms with van der Waals surface area (Å²) < 4.78 is 17.0. The van der Waals surface area contributed by atoms with E-state index in [0.29, 0.717) is 31.6 Å². The van der Waals surface area contributed by atoms with Crippen molar-refractivity contribution < 1.29 is 23.8 Å². The molecule has 0 radical (unpaired) electrons. The molecule has 9 heteroatoms. The second-order valence-corrected chi connectivity index (χ2v) is 11.1. The molecule has 0 saturated heterocycles. The highest BCUT2D eigenvalue weighted by atomic mass is 16.5. The monoisotopic (exact) mass is 486 g/mol. The summed E-state index contributed by atoms with van der Waals surface area (Å²) in [5.41, 5.74) is 6.16. The lowest BCUT2D eigenvalue weighted by molar-refractivity contribution is -0.132. The van der Waals surface area contributed by atoms with Gasteiger partial charge in [0, 0.05) is 32.1 Å². The third-order valence-corrected chi connectivity index (χ3v) is 7.13. The second kappa shape index (κ2) is 9.33. The number of amides is 2. The first kappa shape index (κ1) is 25.3. The van der Waals surface area contributed by atoms with Gasteiger partial charge in [-0.1, -0.05) is 6.07 Å². The number of nitrogens with two attached hydrogens (primary N) is 1. The Hall–Kier alpha value is -2.81. The zero-order valence-electron chi connectivity index (χ0n) is 21.6. The Morgan fingerprint density at radius 2 is 2.06 bits per heavy atom. The Bertz CT molecular complexity index is 1020. The van der Waals surface area contributed by atoms with Crippen LogP contribution in [0.3, 0.4) is 0 Å². The smallest absolute Gasteiger partial charge is 0.231 e. The third kappa shape index (κ3) is 5.24. The molecule has 1 aromatic rings. The van der Waals surface area contributed by atoms with Gasteiger partial charge < -0.3 is 25.3 Å². The minimum absolute atomic E-state index is 0.00551. The van der Waals surface area contributed by atoms with Crippen LogP contribution < -0.4 is 20.5 Å². The van der Waals surface area contributed by atoms with E-state index >= 15 is 0 Å². The van der Waals surface area contributed by atoms with Crippen molar-refractivity contribution in [1.82, 2.24) is 10.2 Å². The van der Waals surface area contributed by atoms with Crippen LogP contribution in [0.4, 0.5) is 0 Å². The first-order valence-electron chi connectivity index (χ1n) is 12.3. The number of carbonyl (C=O) groups excluding carboxylic acids is 2. The highest BCUT2D eigenvalue weighted by molar-refractivity contribution is 5.99. The Balaban J connectivity index is 1.53. The van der Waals surface area contributed by atoms with Crippen molar-refractivity contribution in [3.05, 3.63) is 23.8 Å². The molecule has 2 heterocycles. The number of nitrogens with zero attached hydrogens (tertiary/aromatic N) is 2. The quantitative estimate of drug-likeness (QED) is 0.584. The van der Waals surface area contributed by atoms with Crippen molar-refractivity contribution in [1.29, 1.82) is 0 Å². The van der Waals surface area contributed by atoms with Crippen LogP contribution in [-0.2, 0) is 14.3 Å². The molecule has 0 spiro atoms. The van der Waals surface area contributed by atoms with Gasteiger partial charge in [-0.25, -0.2) is 4.99 Å². The first-order chi connectivity index (χ1) is 16.5. The van der Waals surface area contributed by atoms with E-state index in [9.17, 15) is 9.59 Å². The fourth-order valence-electron chi connectivity index (χ4n) is 5.53. The van der Waals surface area contributed by atoms with Crippen LogP contribution in [0.2, 0.25) is 0 Å². The number of ether oxygens (including phenoxy) is 3. The maximum Gasteiger partial charge on any atom is 0.231 e. The molecule has 0 aromatic heterocycles. The molecule has 3 aliphatic rings. The standard InChI is InChI=1S/C26H38N4O5/c1-25(2)14-21(31)30(24(27)29-25)18(10-11-33-5)15-12-16(15)23(32)28-17-13-26(3,4)35-20-9-7-8-19(34-6)22(17)20/h7-9,15-18H,10-14H2,1-6H3,(H2,27,29)(H,28,32)/t15-,16-,17+,18-/m1/s1. The Morgan fingerprint density at radius 1 is 1.31 bits per heavy atom. The Morgan fingerprint density at radius 3 is 2.71 bits per heavy atom. The fourth-order valence-corrected chi connectivity index (χ4v) is 5.53. The highest BCUT2D eigenvalue weighted by Crippen LogP contribution is 2.48. The maximum absolute atomic E-state index is 13.4. The summed E-state index contributed by atoms with van der Waals surface area (Å²) in [5, 5.41) is 3.25. The third-order valence-electron chi connectivity index (χ3n) is 7.13. The van der Waals surface area contributed by atoms with Gasteiger partial charge in [-0.15, -0.1) is 0 Å². The molecule has 0 unspecified atom stereocenters. The van der Waals surface area contributed by atoms with Crippen molar-refractivity contribution in [3.8, 4) is 11.5 Å². The molecule has 2 aliphatic heterocycles. The topological polar surface area (TPSA) is 115 Å². The van der Waals surface area contributed by atoms with E-state index in [2.05, 4.69) is 10.3 Å². The number of carbonyl (C=O) groups is 2. The summed E-state index contributed by atoms with van der Waals surface area (Å²) in [6.45, 7) is 8.29. The van der Waals surface area contributed by atoms with Gasteiger partial charge in [0.1, 0.15) is 17.1 Å². The minimum atomic E-state index is -0.522. The van der Waals surface area contributed by atoms with Crippen molar-refractivity contribution in [2.24, 2.45) is 22.6 Å². The lowest BCUT2D eigenvalue weighted by Crippen LogP contribution is -2.55. The molecule has 1 saturated carbocycles.